The van der Waals surface area contributed by atoms with Crippen molar-refractivity contribution in [3.8, 4) is 72.4 Å². The van der Waals surface area contributed by atoms with Gasteiger partial charge >= 0.3 is 0 Å². The zero-order valence-electron chi connectivity index (χ0n) is 36.1. The maximum Gasteiger partial charge on any atom is 0.0541 e. The van der Waals surface area contributed by atoms with Crippen molar-refractivity contribution in [2.24, 2.45) is 0 Å². The van der Waals surface area contributed by atoms with Crippen LogP contribution in [0.15, 0.2) is 249 Å². The van der Waals surface area contributed by atoms with E-state index in [9.17, 15) is 0 Å². The second kappa shape index (κ2) is 15.5. The summed E-state index contributed by atoms with van der Waals surface area (Å²) in [5, 5.41) is 7.72. The molecule has 0 amide bonds. The Kier molecular flexibility index (Phi) is 8.89. The number of fused-ring (bicyclic) bond motifs is 9. The molecule has 2 aromatic heterocycles. The minimum Gasteiger partial charge on any atom is -0.355 e. The number of aromatic amines is 1. The van der Waals surface area contributed by atoms with Gasteiger partial charge in [-0.15, -0.1) is 0 Å². The van der Waals surface area contributed by atoms with Crippen LogP contribution in [0.2, 0.25) is 0 Å². The molecule has 0 saturated carbocycles. The van der Waals surface area contributed by atoms with Crippen molar-refractivity contribution >= 4 is 54.4 Å². The SMILES string of the molecule is c1ccc(-c2ccc3[nH]c4ccc(-c5ccccc5)cc4c3c2)cc1.c1ccc(-c2ccc3c(c2)c2cc(-c4ccccc4)ccc2n3-c2cc3c4c(cccc4c2)-c2ccccc2-3)cc1. The number of aromatic nitrogens is 2. The minimum absolute atomic E-state index is 1.18. The molecule has 2 nitrogen and oxygen atoms in total. The number of H-pyrrole nitrogens is 1. The van der Waals surface area contributed by atoms with Crippen molar-refractivity contribution < 1.29 is 0 Å². The maximum absolute atomic E-state index is 3.54. The number of nitrogens with one attached hydrogen (secondary N) is 1. The highest BCUT2D eigenvalue weighted by atomic mass is 15.0. The molecule has 1 aliphatic rings. The Hall–Kier alpha value is -8.72. The molecule has 14 rings (SSSR count). The molecule has 0 radical (unpaired) electrons. The molecule has 2 heterocycles. The van der Waals surface area contributed by atoms with Crippen LogP contribution in [0.1, 0.15) is 0 Å². The minimum atomic E-state index is 1.18. The predicted molar refractivity (Wildman–Crippen MR) is 280 cm³/mol. The Bertz CT molecular complexity index is 3760. The average Bonchev–Trinajstić information content (AvgIpc) is 4.05. The third kappa shape index (κ3) is 6.34. The molecule has 0 aliphatic heterocycles. The fraction of sp³-hybridized carbons (Fsp3) is 0. The van der Waals surface area contributed by atoms with Gasteiger partial charge in [-0.25, -0.2) is 0 Å². The molecule has 11 aromatic carbocycles. The van der Waals surface area contributed by atoms with Crippen LogP contribution in [0, 0.1) is 0 Å². The van der Waals surface area contributed by atoms with Gasteiger partial charge in [-0.1, -0.05) is 188 Å². The van der Waals surface area contributed by atoms with E-state index in [1.165, 1.54) is 127 Å². The lowest BCUT2D eigenvalue weighted by molar-refractivity contribution is 1.19. The highest BCUT2D eigenvalue weighted by Gasteiger charge is 2.23. The van der Waals surface area contributed by atoms with E-state index in [2.05, 4.69) is 258 Å². The zero-order valence-corrected chi connectivity index (χ0v) is 36.1. The number of nitrogens with zero attached hydrogens (tertiary/aromatic N) is 1. The molecule has 0 unspecified atom stereocenters. The second-order valence-corrected chi connectivity index (χ2v) is 17.4. The van der Waals surface area contributed by atoms with Crippen molar-refractivity contribution in [3.05, 3.63) is 249 Å². The van der Waals surface area contributed by atoms with Crippen LogP contribution in [-0.2, 0) is 0 Å². The van der Waals surface area contributed by atoms with Gasteiger partial charge in [0.15, 0.2) is 0 Å². The summed E-state index contributed by atoms with van der Waals surface area (Å²) in [7, 11) is 0. The smallest absolute Gasteiger partial charge is 0.0541 e. The molecular weight excluding hydrogens is 797 g/mol. The molecule has 0 saturated heterocycles. The number of rotatable bonds is 5. The Labute approximate surface area is 383 Å². The Morgan fingerprint density at radius 1 is 0.258 bits per heavy atom. The quantitative estimate of drug-likeness (QED) is 0.178. The van der Waals surface area contributed by atoms with E-state index < -0.39 is 0 Å². The van der Waals surface area contributed by atoms with Crippen molar-refractivity contribution in [2.75, 3.05) is 0 Å². The molecule has 308 valence electrons. The molecular formula is C64H42N2. The first-order valence-corrected chi connectivity index (χ1v) is 22.7. The first-order valence-electron chi connectivity index (χ1n) is 22.7. The van der Waals surface area contributed by atoms with Crippen molar-refractivity contribution in [1.82, 2.24) is 9.55 Å². The molecule has 13 aromatic rings. The molecule has 0 fully saturated rings. The normalized spacial score (nSPS) is 11.6. The lowest BCUT2D eigenvalue weighted by Crippen LogP contribution is -1.95. The van der Waals surface area contributed by atoms with E-state index >= 15 is 0 Å². The fourth-order valence-electron chi connectivity index (χ4n) is 10.4. The van der Waals surface area contributed by atoms with Crippen LogP contribution in [0.5, 0.6) is 0 Å². The monoisotopic (exact) mass is 838 g/mol. The number of hydrogen-bond acceptors (Lipinski definition) is 0. The van der Waals surface area contributed by atoms with Crippen molar-refractivity contribution in [2.45, 2.75) is 0 Å². The second-order valence-electron chi connectivity index (χ2n) is 17.4. The van der Waals surface area contributed by atoms with Crippen LogP contribution in [0.3, 0.4) is 0 Å². The van der Waals surface area contributed by atoms with Crippen LogP contribution < -0.4 is 0 Å². The van der Waals surface area contributed by atoms with Gasteiger partial charge in [0.1, 0.15) is 0 Å². The molecule has 66 heavy (non-hydrogen) atoms. The van der Waals surface area contributed by atoms with Gasteiger partial charge in [-0.2, -0.15) is 0 Å². The highest BCUT2D eigenvalue weighted by Crippen LogP contribution is 2.49. The summed E-state index contributed by atoms with van der Waals surface area (Å²) >= 11 is 0. The average molecular weight is 839 g/mol. The van der Waals surface area contributed by atoms with Crippen LogP contribution in [0.25, 0.3) is 127 Å². The van der Waals surface area contributed by atoms with E-state index in [0.717, 1.165) is 0 Å². The Morgan fingerprint density at radius 2 is 0.652 bits per heavy atom. The topological polar surface area (TPSA) is 20.7 Å². The summed E-state index contributed by atoms with van der Waals surface area (Å²) in [5.74, 6) is 0. The van der Waals surface area contributed by atoms with Crippen molar-refractivity contribution in [3.63, 3.8) is 0 Å². The van der Waals surface area contributed by atoms with Crippen molar-refractivity contribution in [1.29, 1.82) is 0 Å². The number of benzene rings is 11. The lowest BCUT2D eigenvalue weighted by Gasteiger charge is -2.12. The van der Waals surface area contributed by atoms with E-state index in [0.29, 0.717) is 0 Å². The molecule has 0 atom stereocenters. The van der Waals surface area contributed by atoms with Crippen LogP contribution >= 0.6 is 0 Å². The van der Waals surface area contributed by atoms with Gasteiger partial charge in [0.05, 0.1) is 11.0 Å². The number of hydrogen-bond donors (Lipinski definition) is 1. The van der Waals surface area contributed by atoms with E-state index in [1.807, 2.05) is 0 Å². The Morgan fingerprint density at radius 3 is 1.12 bits per heavy atom. The first kappa shape index (κ1) is 37.8. The first-order chi connectivity index (χ1) is 32.7. The largest absolute Gasteiger partial charge is 0.355 e. The lowest BCUT2D eigenvalue weighted by atomic mass is 10.0. The molecule has 1 N–H and O–H groups in total. The van der Waals surface area contributed by atoms with Gasteiger partial charge < -0.3 is 9.55 Å². The summed E-state index contributed by atoms with van der Waals surface area (Å²) < 4.78 is 2.46. The summed E-state index contributed by atoms with van der Waals surface area (Å²) in [6, 6.07) is 89.9. The summed E-state index contributed by atoms with van der Waals surface area (Å²) in [6.45, 7) is 0. The predicted octanol–water partition coefficient (Wildman–Crippen LogP) is 17.6. The molecule has 2 heteroatoms. The highest BCUT2D eigenvalue weighted by molar-refractivity contribution is 6.17. The van der Waals surface area contributed by atoms with Gasteiger partial charge in [0.25, 0.3) is 0 Å². The van der Waals surface area contributed by atoms with Gasteiger partial charge in [-0.05, 0) is 138 Å². The zero-order chi connectivity index (χ0) is 43.6. The fourth-order valence-corrected chi connectivity index (χ4v) is 10.4. The van der Waals surface area contributed by atoms with Gasteiger partial charge in [0, 0.05) is 38.3 Å². The standard InChI is InChI=1S/C40H25N.C24H17N/c1-3-10-26(11-4-1)28-18-20-38-35(23-28)36-24-29(27-12-5-2-6-13-27)19-21-39(36)41(38)31-22-30-14-9-17-34-32-15-7-8-16-33(32)37(25-31)40(30)34;1-3-7-17(8-4-1)19-11-13-23-21(15-19)22-16-20(12-14-24(22)25-23)18-9-5-2-6-10-18/h1-25H;1-16,25H. The van der Waals surface area contributed by atoms with Gasteiger partial charge in [0.2, 0.25) is 0 Å². The van der Waals surface area contributed by atoms with E-state index in [1.54, 1.807) is 0 Å². The third-order valence-corrected chi connectivity index (χ3v) is 13.5. The molecule has 0 bridgehead atoms. The summed E-state index contributed by atoms with van der Waals surface area (Å²) in [4.78, 5) is 3.54. The van der Waals surface area contributed by atoms with Crippen LogP contribution in [-0.4, -0.2) is 9.55 Å². The van der Waals surface area contributed by atoms with Gasteiger partial charge in [-0.3, -0.25) is 0 Å². The summed E-state index contributed by atoms with van der Waals surface area (Å²) in [6.07, 6.45) is 0. The Balaban J connectivity index is 0.000000149. The van der Waals surface area contributed by atoms with E-state index in [4.69, 9.17) is 0 Å². The maximum atomic E-state index is 3.54. The van der Waals surface area contributed by atoms with E-state index in [-0.39, 0.29) is 0 Å². The third-order valence-electron chi connectivity index (χ3n) is 13.5. The molecule has 1 aliphatic carbocycles. The molecule has 0 spiro atoms. The van der Waals surface area contributed by atoms with Crippen LogP contribution in [0.4, 0.5) is 0 Å². The summed E-state index contributed by atoms with van der Waals surface area (Å²) in [5.41, 5.74) is 21.2.